The highest BCUT2D eigenvalue weighted by Crippen LogP contribution is 2.19. The molecule has 6 heteroatoms. The highest BCUT2D eigenvalue weighted by Gasteiger charge is 2.16. The van der Waals surface area contributed by atoms with E-state index < -0.39 is 5.97 Å². The molecule has 0 spiro atoms. The first-order valence-corrected chi connectivity index (χ1v) is 9.51. The van der Waals surface area contributed by atoms with Crippen LogP contribution in [0.5, 0.6) is 0 Å². The Bertz CT molecular complexity index is 695. The van der Waals surface area contributed by atoms with Gasteiger partial charge in [-0.15, -0.1) is 0 Å². The summed E-state index contributed by atoms with van der Waals surface area (Å²) in [5, 5.41) is 2.88. The Morgan fingerprint density at radius 3 is 2.48 bits per heavy atom. The van der Waals surface area contributed by atoms with Crippen LogP contribution in [0.4, 0.5) is 5.69 Å². The Balaban J connectivity index is 1.90. The second-order valence-electron chi connectivity index (χ2n) is 6.58. The van der Waals surface area contributed by atoms with E-state index >= 15 is 0 Å². The summed E-state index contributed by atoms with van der Waals surface area (Å²) in [6.07, 6.45) is 7.84. The second kappa shape index (κ2) is 10.5. The van der Waals surface area contributed by atoms with Crippen molar-refractivity contribution in [2.45, 2.75) is 46.0 Å². The summed E-state index contributed by atoms with van der Waals surface area (Å²) in [5.74, 6) is -0.840. The van der Waals surface area contributed by atoms with Crippen LogP contribution in [0.2, 0.25) is 0 Å². The number of carbonyl (C=O) groups excluding carboxylic acids is 3. The van der Waals surface area contributed by atoms with Crippen molar-refractivity contribution < 1.29 is 19.1 Å². The summed E-state index contributed by atoms with van der Waals surface area (Å²) in [6.45, 7) is 4.00. The third-order valence-corrected chi connectivity index (χ3v) is 4.53. The van der Waals surface area contributed by atoms with Crippen molar-refractivity contribution in [1.82, 2.24) is 5.32 Å². The van der Waals surface area contributed by atoms with Gasteiger partial charge in [-0.25, -0.2) is 4.79 Å². The zero-order valence-corrected chi connectivity index (χ0v) is 16.1. The third-order valence-electron chi connectivity index (χ3n) is 4.53. The molecule has 6 nitrogen and oxygen atoms in total. The van der Waals surface area contributed by atoms with Gasteiger partial charge in [0, 0.05) is 19.2 Å². The van der Waals surface area contributed by atoms with Crippen LogP contribution in [-0.2, 0) is 14.3 Å². The minimum atomic E-state index is -0.409. The molecule has 0 saturated heterocycles. The smallest absolute Gasteiger partial charge is 0.338 e. The molecule has 146 valence electrons. The van der Waals surface area contributed by atoms with E-state index in [1.54, 1.807) is 31.2 Å². The summed E-state index contributed by atoms with van der Waals surface area (Å²) >= 11 is 0. The van der Waals surface area contributed by atoms with E-state index in [9.17, 15) is 14.4 Å². The number of rotatable bonds is 8. The fourth-order valence-corrected chi connectivity index (χ4v) is 3.07. The van der Waals surface area contributed by atoms with Crippen LogP contribution in [0.3, 0.4) is 0 Å². The van der Waals surface area contributed by atoms with Crippen molar-refractivity contribution in [1.29, 1.82) is 0 Å². The number of nitrogens with one attached hydrogen (secondary N) is 1. The number of amides is 2. The average Bonchev–Trinajstić information content (AvgIpc) is 2.67. The third kappa shape index (κ3) is 6.55. The number of hydrogen-bond donors (Lipinski definition) is 1. The van der Waals surface area contributed by atoms with E-state index in [0.29, 0.717) is 24.4 Å². The minimum Gasteiger partial charge on any atom is -0.462 e. The van der Waals surface area contributed by atoms with Gasteiger partial charge in [-0.05, 0) is 63.3 Å². The maximum absolute atomic E-state index is 12.2. The Morgan fingerprint density at radius 2 is 1.89 bits per heavy atom. The van der Waals surface area contributed by atoms with Crippen molar-refractivity contribution in [3.8, 4) is 0 Å². The first-order chi connectivity index (χ1) is 13.0. The molecule has 1 aliphatic carbocycles. The van der Waals surface area contributed by atoms with Gasteiger partial charge in [0.2, 0.25) is 11.8 Å². The molecule has 0 radical (unpaired) electrons. The summed E-state index contributed by atoms with van der Waals surface area (Å²) in [7, 11) is 0. The molecule has 0 heterocycles. The number of nitrogens with zero attached hydrogens (tertiary/aromatic N) is 1. The lowest BCUT2D eigenvalue weighted by Gasteiger charge is -2.21. The minimum absolute atomic E-state index is 0.0485. The lowest BCUT2D eigenvalue weighted by molar-refractivity contribution is -0.123. The maximum Gasteiger partial charge on any atom is 0.338 e. The molecule has 0 atom stereocenters. The van der Waals surface area contributed by atoms with Gasteiger partial charge in [0.05, 0.1) is 12.2 Å². The molecule has 0 bridgehead atoms. The SMILES string of the molecule is CCOC(=O)c1ccc(N(CC(=O)NCCC2=CCCCC2)C(C)=O)cc1. The molecule has 0 unspecified atom stereocenters. The van der Waals surface area contributed by atoms with Crippen LogP contribution in [0.1, 0.15) is 56.3 Å². The lowest BCUT2D eigenvalue weighted by Crippen LogP contribution is -2.40. The lowest BCUT2D eigenvalue weighted by atomic mass is 9.97. The van der Waals surface area contributed by atoms with Gasteiger partial charge in [-0.2, -0.15) is 0 Å². The molecular weight excluding hydrogens is 344 g/mol. The Morgan fingerprint density at radius 1 is 1.15 bits per heavy atom. The number of hydrogen-bond acceptors (Lipinski definition) is 4. The molecule has 1 aromatic rings. The summed E-state index contributed by atoms with van der Waals surface area (Å²) in [4.78, 5) is 37.3. The van der Waals surface area contributed by atoms with Gasteiger partial charge in [0.15, 0.2) is 0 Å². The number of carbonyl (C=O) groups is 3. The summed E-state index contributed by atoms with van der Waals surface area (Å²) in [5.41, 5.74) is 2.38. The van der Waals surface area contributed by atoms with Crippen molar-refractivity contribution >= 4 is 23.5 Å². The standard InChI is InChI=1S/C21H28N2O4/c1-3-27-21(26)18-9-11-19(12-10-18)23(16(2)24)15-20(25)22-14-13-17-7-5-4-6-8-17/h7,9-12H,3-6,8,13-15H2,1-2H3,(H,22,25). The molecule has 1 aromatic carbocycles. The maximum atomic E-state index is 12.2. The number of benzene rings is 1. The molecule has 1 aliphatic rings. The summed E-state index contributed by atoms with van der Waals surface area (Å²) in [6, 6.07) is 6.48. The van der Waals surface area contributed by atoms with Crippen LogP contribution in [-0.4, -0.2) is 37.5 Å². The van der Waals surface area contributed by atoms with E-state index in [-0.39, 0.29) is 18.4 Å². The second-order valence-corrected chi connectivity index (χ2v) is 6.58. The van der Waals surface area contributed by atoms with E-state index in [1.807, 2.05) is 0 Å². The average molecular weight is 372 g/mol. The Labute approximate surface area is 160 Å². The first-order valence-electron chi connectivity index (χ1n) is 9.51. The molecule has 0 aliphatic heterocycles. The van der Waals surface area contributed by atoms with E-state index in [0.717, 1.165) is 19.3 Å². The fourth-order valence-electron chi connectivity index (χ4n) is 3.07. The van der Waals surface area contributed by atoms with Crippen LogP contribution in [0.15, 0.2) is 35.9 Å². The van der Waals surface area contributed by atoms with Gasteiger partial charge in [-0.1, -0.05) is 11.6 Å². The van der Waals surface area contributed by atoms with Crippen LogP contribution < -0.4 is 10.2 Å². The van der Waals surface area contributed by atoms with Crippen molar-refractivity contribution in [2.75, 3.05) is 24.6 Å². The van der Waals surface area contributed by atoms with Gasteiger partial charge >= 0.3 is 5.97 Å². The highest BCUT2D eigenvalue weighted by atomic mass is 16.5. The van der Waals surface area contributed by atoms with E-state index in [1.165, 1.54) is 30.2 Å². The van der Waals surface area contributed by atoms with Crippen molar-refractivity contribution in [3.05, 3.63) is 41.5 Å². The predicted octanol–water partition coefficient (Wildman–Crippen LogP) is 3.22. The van der Waals surface area contributed by atoms with Crippen LogP contribution >= 0.6 is 0 Å². The van der Waals surface area contributed by atoms with Gasteiger partial charge in [0.25, 0.3) is 0 Å². The normalized spacial score (nSPS) is 13.5. The molecule has 0 saturated carbocycles. The van der Waals surface area contributed by atoms with Gasteiger partial charge in [0.1, 0.15) is 6.54 Å². The largest absolute Gasteiger partial charge is 0.462 e. The van der Waals surface area contributed by atoms with Crippen LogP contribution in [0, 0.1) is 0 Å². The topological polar surface area (TPSA) is 75.7 Å². The Kier molecular flexibility index (Phi) is 8.04. The molecule has 2 rings (SSSR count). The zero-order chi connectivity index (χ0) is 19.6. The molecule has 1 N–H and O–H groups in total. The van der Waals surface area contributed by atoms with Crippen molar-refractivity contribution in [3.63, 3.8) is 0 Å². The summed E-state index contributed by atoms with van der Waals surface area (Å²) < 4.78 is 4.95. The highest BCUT2D eigenvalue weighted by molar-refractivity contribution is 5.98. The molecule has 0 fully saturated rings. The fraction of sp³-hybridized carbons (Fsp3) is 0.476. The number of ether oxygens (including phenoxy) is 1. The van der Waals surface area contributed by atoms with Gasteiger partial charge < -0.3 is 15.0 Å². The van der Waals surface area contributed by atoms with E-state index in [4.69, 9.17) is 4.74 Å². The zero-order valence-electron chi connectivity index (χ0n) is 16.1. The molecule has 0 aromatic heterocycles. The van der Waals surface area contributed by atoms with E-state index in [2.05, 4.69) is 11.4 Å². The first kappa shape index (κ1) is 20.7. The monoisotopic (exact) mass is 372 g/mol. The number of esters is 1. The van der Waals surface area contributed by atoms with Crippen LogP contribution in [0.25, 0.3) is 0 Å². The number of anilines is 1. The number of allylic oxidation sites excluding steroid dienone is 1. The molecule has 2 amide bonds. The Hall–Kier alpha value is -2.63. The molecule has 27 heavy (non-hydrogen) atoms. The molecular formula is C21H28N2O4. The van der Waals surface area contributed by atoms with Gasteiger partial charge in [-0.3, -0.25) is 9.59 Å². The predicted molar refractivity (Wildman–Crippen MR) is 105 cm³/mol. The quantitative estimate of drug-likeness (QED) is 0.561. The van der Waals surface area contributed by atoms with Crippen molar-refractivity contribution in [2.24, 2.45) is 0 Å².